The lowest BCUT2D eigenvalue weighted by Crippen LogP contribution is -2.08. The first-order chi connectivity index (χ1) is 8.69. The van der Waals surface area contributed by atoms with E-state index >= 15 is 0 Å². The zero-order valence-corrected chi connectivity index (χ0v) is 11.1. The molecule has 0 unspecified atom stereocenters. The molecule has 1 aromatic carbocycles. The lowest BCUT2D eigenvalue weighted by molar-refractivity contribution is 0.872. The highest BCUT2D eigenvalue weighted by Crippen LogP contribution is 2.20. The number of halogens is 1. The Kier molecular flexibility index (Phi) is 3.99. The molecule has 0 spiro atoms. The van der Waals surface area contributed by atoms with Crippen molar-refractivity contribution in [3.63, 3.8) is 0 Å². The summed E-state index contributed by atoms with van der Waals surface area (Å²) in [5.74, 6) is 0.671. The molecule has 1 aromatic heterocycles. The Balaban J connectivity index is 2.13. The van der Waals surface area contributed by atoms with Crippen LogP contribution in [-0.4, -0.2) is 17.0 Å². The summed E-state index contributed by atoms with van der Waals surface area (Å²) >= 11 is 5.80. The predicted molar refractivity (Wildman–Crippen MR) is 75.1 cm³/mol. The maximum absolute atomic E-state index is 5.80. The van der Waals surface area contributed by atoms with Gasteiger partial charge in [0.25, 0.3) is 0 Å². The smallest absolute Gasteiger partial charge is 0.149 e. The van der Waals surface area contributed by atoms with E-state index in [1.807, 2.05) is 19.2 Å². The molecule has 0 fully saturated rings. The number of aromatic nitrogens is 2. The van der Waals surface area contributed by atoms with Crippen LogP contribution >= 0.6 is 11.6 Å². The minimum Gasteiger partial charge on any atom is -0.388 e. The van der Waals surface area contributed by atoms with E-state index in [4.69, 9.17) is 11.6 Å². The van der Waals surface area contributed by atoms with Gasteiger partial charge in [0.2, 0.25) is 0 Å². The fourth-order valence-electron chi connectivity index (χ4n) is 1.68. The summed E-state index contributed by atoms with van der Waals surface area (Å²) in [6.45, 7) is 2.07. The normalized spacial score (nSPS) is 11.9. The Morgan fingerprint density at radius 2 is 2.11 bits per heavy atom. The third-order valence-corrected chi connectivity index (χ3v) is 2.83. The zero-order valence-electron chi connectivity index (χ0n) is 10.3. The van der Waals surface area contributed by atoms with E-state index in [0.717, 1.165) is 5.69 Å². The SMILES string of the molecule is CNc1cccc([C@H](C)Nc2cncc(Cl)n2)c1. The number of benzene rings is 1. The second-order valence-electron chi connectivity index (χ2n) is 3.97. The fourth-order valence-corrected chi connectivity index (χ4v) is 1.83. The van der Waals surface area contributed by atoms with Gasteiger partial charge in [0.05, 0.1) is 18.4 Å². The maximum Gasteiger partial charge on any atom is 0.149 e. The Hall–Kier alpha value is -1.81. The molecule has 18 heavy (non-hydrogen) atoms. The Bertz CT molecular complexity index is 530. The van der Waals surface area contributed by atoms with Gasteiger partial charge < -0.3 is 10.6 Å². The van der Waals surface area contributed by atoms with Crippen LogP contribution in [0.5, 0.6) is 0 Å². The summed E-state index contributed by atoms with van der Waals surface area (Å²) in [4.78, 5) is 8.15. The molecule has 94 valence electrons. The zero-order chi connectivity index (χ0) is 13.0. The third kappa shape index (κ3) is 3.11. The molecule has 2 rings (SSSR count). The second-order valence-corrected chi connectivity index (χ2v) is 4.36. The maximum atomic E-state index is 5.80. The van der Waals surface area contributed by atoms with Crippen molar-refractivity contribution in [2.24, 2.45) is 0 Å². The summed E-state index contributed by atoms with van der Waals surface area (Å²) in [5, 5.41) is 6.77. The molecule has 4 nitrogen and oxygen atoms in total. The highest BCUT2D eigenvalue weighted by atomic mass is 35.5. The molecule has 2 aromatic rings. The molecular formula is C13H15ClN4. The van der Waals surface area contributed by atoms with Crippen LogP contribution in [0.4, 0.5) is 11.5 Å². The first kappa shape index (κ1) is 12.6. The van der Waals surface area contributed by atoms with Crippen molar-refractivity contribution in [1.82, 2.24) is 9.97 Å². The molecule has 1 atom stereocenters. The first-order valence-corrected chi connectivity index (χ1v) is 6.08. The van der Waals surface area contributed by atoms with Crippen molar-refractivity contribution in [2.45, 2.75) is 13.0 Å². The van der Waals surface area contributed by atoms with E-state index in [-0.39, 0.29) is 6.04 Å². The quantitative estimate of drug-likeness (QED) is 0.887. The number of hydrogen-bond donors (Lipinski definition) is 2. The standard InChI is InChI=1S/C13H15ClN4/c1-9(10-4-3-5-11(6-10)15-2)17-13-8-16-7-12(14)18-13/h3-9,15H,1-2H3,(H,17,18)/t9-/m0/s1. The average molecular weight is 263 g/mol. The monoisotopic (exact) mass is 262 g/mol. The summed E-state index contributed by atoms with van der Waals surface area (Å²) in [6, 6.07) is 8.33. The molecule has 0 aliphatic rings. The van der Waals surface area contributed by atoms with Crippen molar-refractivity contribution in [3.05, 3.63) is 47.4 Å². The average Bonchev–Trinajstić information content (AvgIpc) is 2.39. The van der Waals surface area contributed by atoms with Crippen LogP contribution in [0.2, 0.25) is 5.15 Å². The van der Waals surface area contributed by atoms with Crippen molar-refractivity contribution in [2.75, 3.05) is 17.7 Å². The molecule has 2 N–H and O–H groups in total. The topological polar surface area (TPSA) is 49.8 Å². The van der Waals surface area contributed by atoms with Crippen molar-refractivity contribution in [1.29, 1.82) is 0 Å². The molecule has 0 saturated heterocycles. The fraction of sp³-hybridized carbons (Fsp3) is 0.231. The lowest BCUT2D eigenvalue weighted by Gasteiger charge is -2.15. The largest absolute Gasteiger partial charge is 0.388 e. The van der Waals surface area contributed by atoms with Gasteiger partial charge in [0.1, 0.15) is 11.0 Å². The van der Waals surface area contributed by atoms with Gasteiger partial charge in [-0.3, -0.25) is 4.98 Å². The molecule has 0 aliphatic heterocycles. The Morgan fingerprint density at radius 3 is 2.83 bits per heavy atom. The van der Waals surface area contributed by atoms with E-state index in [0.29, 0.717) is 11.0 Å². The van der Waals surface area contributed by atoms with Gasteiger partial charge in [-0.15, -0.1) is 0 Å². The van der Waals surface area contributed by atoms with Crippen LogP contribution in [0.25, 0.3) is 0 Å². The van der Waals surface area contributed by atoms with E-state index in [1.165, 1.54) is 11.8 Å². The molecule has 0 aliphatic carbocycles. The molecule has 0 amide bonds. The van der Waals surface area contributed by atoms with Gasteiger partial charge >= 0.3 is 0 Å². The van der Waals surface area contributed by atoms with E-state index in [2.05, 4.69) is 39.7 Å². The van der Waals surface area contributed by atoms with Crippen LogP contribution in [0.15, 0.2) is 36.7 Å². The van der Waals surface area contributed by atoms with Gasteiger partial charge in [-0.1, -0.05) is 23.7 Å². The van der Waals surface area contributed by atoms with E-state index in [9.17, 15) is 0 Å². The van der Waals surface area contributed by atoms with E-state index in [1.54, 1.807) is 6.20 Å². The molecule has 1 heterocycles. The summed E-state index contributed by atoms with van der Waals surface area (Å²) in [7, 11) is 1.90. The number of nitrogens with zero attached hydrogens (tertiary/aromatic N) is 2. The Morgan fingerprint density at radius 1 is 1.28 bits per heavy atom. The minimum absolute atomic E-state index is 0.131. The van der Waals surface area contributed by atoms with Crippen LogP contribution in [0.1, 0.15) is 18.5 Å². The molecule has 0 radical (unpaired) electrons. The number of nitrogens with one attached hydrogen (secondary N) is 2. The van der Waals surface area contributed by atoms with Crippen molar-refractivity contribution < 1.29 is 0 Å². The molecular weight excluding hydrogens is 248 g/mol. The number of hydrogen-bond acceptors (Lipinski definition) is 4. The van der Waals surface area contributed by atoms with Crippen LogP contribution in [0.3, 0.4) is 0 Å². The van der Waals surface area contributed by atoms with Crippen molar-refractivity contribution in [3.8, 4) is 0 Å². The summed E-state index contributed by atoms with van der Waals surface area (Å²) < 4.78 is 0. The van der Waals surface area contributed by atoms with Crippen LogP contribution in [0, 0.1) is 0 Å². The second kappa shape index (κ2) is 5.69. The summed E-state index contributed by atoms with van der Waals surface area (Å²) in [5.41, 5.74) is 2.25. The molecule has 0 saturated carbocycles. The molecule has 5 heteroatoms. The third-order valence-electron chi connectivity index (χ3n) is 2.64. The summed E-state index contributed by atoms with van der Waals surface area (Å²) in [6.07, 6.45) is 3.17. The van der Waals surface area contributed by atoms with Crippen LogP contribution < -0.4 is 10.6 Å². The Labute approximate surface area is 111 Å². The van der Waals surface area contributed by atoms with Gasteiger partial charge in [-0.05, 0) is 24.6 Å². The van der Waals surface area contributed by atoms with Crippen molar-refractivity contribution >= 4 is 23.1 Å². The highest BCUT2D eigenvalue weighted by Gasteiger charge is 2.07. The van der Waals surface area contributed by atoms with Gasteiger partial charge in [-0.25, -0.2) is 4.98 Å². The highest BCUT2D eigenvalue weighted by molar-refractivity contribution is 6.29. The van der Waals surface area contributed by atoms with Gasteiger partial charge in [0.15, 0.2) is 0 Å². The number of anilines is 2. The minimum atomic E-state index is 0.131. The van der Waals surface area contributed by atoms with Gasteiger partial charge in [0, 0.05) is 12.7 Å². The van der Waals surface area contributed by atoms with Gasteiger partial charge in [-0.2, -0.15) is 0 Å². The van der Waals surface area contributed by atoms with Crippen LogP contribution in [-0.2, 0) is 0 Å². The molecule has 0 bridgehead atoms. The van der Waals surface area contributed by atoms with E-state index < -0.39 is 0 Å². The predicted octanol–water partition coefficient (Wildman–Crippen LogP) is 3.34. The number of rotatable bonds is 4. The first-order valence-electron chi connectivity index (χ1n) is 5.71. The lowest BCUT2D eigenvalue weighted by atomic mass is 10.1.